The van der Waals surface area contributed by atoms with Crippen LogP contribution in [0.4, 0.5) is 0 Å². The Morgan fingerprint density at radius 1 is 1.04 bits per heavy atom. The molecule has 23 heavy (non-hydrogen) atoms. The maximum atomic E-state index is 13.0. The fourth-order valence-corrected chi connectivity index (χ4v) is 4.95. The summed E-state index contributed by atoms with van der Waals surface area (Å²) in [6.45, 7) is 0.848. The first kappa shape index (κ1) is 14.7. The molecule has 1 aromatic heterocycles. The van der Waals surface area contributed by atoms with Gasteiger partial charge in [-0.1, -0.05) is 6.07 Å². The third-order valence-corrected chi connectivity index (χ3v) is 5.73. The van der Waals surface area contributed by atoms with Crippen LogP contribution in [0.2, 0.25) is 0 Å². The number of amides is 1. The van der Waals surface area contributed by atoms with Gasteiger partial charge in [-0.2, -0.15) is 0 Å². The van der Waals surface area contributed by atoms with E-state index in [0.717, 1.165) is 31.2 Å². The van der Waals surface area contributed by atoms with Crippen molar-refractivity contribution in [1.82, 2.24) is 9.88 Å². The van der Waals surface area contributed by atoms with Gasteiger partial charge in [-0.3, -0.25) is 4.79 Å². The molecule has 2 aliphatic carbocycles. The zero-order valence-electron chi connectivity index (χ0n) is 13.4. The van der Waals surface area contributed by atoms with Crippen LogP contribution in [-0.4, -0.2) is 41.5 Å². The van der Waals surface area contributed by atoms with E-state index >= 15 is 0 Å². The minimum atomic E-state index is -0.504. The molecule has 122 valence electrons. The van der Waals surface area contributed by atoms with E-state index in [1.165, 1.54) is 26.4 Å². The van der Waals surface area contributed by atoms with Crippen molar-refractivity contribution in [2.45, 2.75) is 38.1 Å². The highest BCUT2D eigenvalue weighted by Crippen LogP contribution is 2.47. The molecular formula is C18H22N2O3. The van der Waals surface area contributed by atoms with Gasteiger partial charge in [0, 0.05) is 12.6 Å². The Hall–Kier alpha value is -1.91. The van der Waals surface area contributed by atoms with E-state index in [0.29, 0.717) is 17.7 Å². The van der Waals surface area contributed by atoms with E-state index in [9.17, 15) is 9.59 Å². The zero-order chi connectivity index (χ0) is 16.0. The van der Waals surface area contributed by atoms with Crippen molar-refractivity contribution in [2.75, 3.05) is 13.7 Å². The highest BCUT2D eigenvalue weighted by Gasteiger charge is 2.44. The number of nitrogens with zero attached hydrogens (tertiary/aromatic N) is 2. The number of methoxy groups -OCH3 is 1. The van der Waals surface area contributed by atoms with Crippen molar-refractivity contribution < 1.29 is 14.3 Å². The standard InChI is InChI=1S/C18H22N2O3/c1-23-18(22)16-4-2-3-15(19-16)17(21)20-10-13-6-11-5-12(7-13)9-14(20)8-11/h2-4,11-14H,5-10H2,1H3. The number of ether oxygens (including phenoxy) is 1. The van der Waals surface area contributed by atoms with Crippen molar-refractivity contribution >= 4 is 11.9 Å². The Morgan fingerprint density at radius 2 is 1.70 bits per heavy atom. The quantitative estimate of drug-likeness (QED) is 0.787. The molecule has 5 heteroatoms. The second kappa shape index (κ2) is 5.62. The summed E-state index contributed by atoms with van der Waals surface area (Å²) in [7, 11) is 1.32. The highest BCUT2D eigenvalue weighted by atomic mass is 16.5. The van der Waals surface area contributed by atoms with E-state index in [2.05, 4.69) is 4.98 Å². The molecule has 0 N–H and O–H groups in total. The van der Waals surface area contributed by atoms with Crippen LogP contribution in [-0.2, 0) is 4.74 Å². The Morgan fingerprint density at radius 3 is 2.39 bits per heavy atom. The molecule has 0 radical (unpaired) electrons. The van der Waals surface area contributed by atoms with Gasteiger partial charge in [-0.05, 0) is 62.0 Å². The Bertz CT molecular complexity index is 631. The number of rotatable bonds is 2. The third kappa shape index (κ3) is 2.62. The molecule has 3 heterocycles. The third-order valence-electron chi connectivity index (χ3n) is 5.73. The van der Waals surface area contributed by atoms with Crippen molar-refractivity contribution in [2.24, 2.45) is 17.8 Å². The van der Waals surface area contributed by atoms with Gasteiger partial charge in [0.1, 0.15) is 11.4 Å². The van der Waals surface area contributed by atoms with Crippen LogP contribution in [0.25, 0.3) is 0 Å². The van der Waals surface area contributed by atoms with Crippen LogP contribution in [0.1, 0.15) is 53.1 Å². The van der Waals surface area contributed by atoms with Gasteiger partial charge in [0.15, 0.2) is 0 Å². The van der Waals surface area contributed by atoms with Crippen molar-refractivity contribution in [3.63, 3.8) is 0 Å². The average Bonchev–Trinajstić information content (AvgIpc) is 2.77. The number of aromatic nitrogens is 1. The molecule has 2 atom stereocenters. The molecule has 5 rings (SSSR count). The van der Waals surface area contributed by atoms with Crippen molar-refractivity contribution in [3.8, 4) is 0 Å². The molecule has 4 bridgehead atoms. The van der Waals surface area contributed by atoms with Crippen molar-refractivity contribution in [3.05, 3.63) is 29.6 Å². The lowest BCUT2D eigenvalue weighted by Crippen LogP contribution is -2.42. The van der Waals surface area contributed by atoms with Crippen LogP contribution in [0.5, 0.6) is 0 Å². The van der Waals surface area contributed by atoms with Crippen LogP contribution >= 0.6 is 0 Å². The monoisotopic (exact) mass is 314 g/mol. The molecule has 2 aliphatic heterocycles. The van der Waals surface area contributed by atoms with Gasteiger partial charge in [0.2, 0.25) is 0 Å². The van der Waals surface area contributed by atoms with Crippen molar-refractivity contribution in [1.29, 1.82) is 0 Å². The van der Waals surface area contributed by atoms with E-state index in [4.69, 9.17) is 4.74 Å². The lowest BCUT2D eigenvalue weighted by molar-refractivity contribution is 0.0592. The summed E-state index contributed by atoms with van der Waals surface area (Å²) in [4.78, 5) is 30.9. The Labute approximate surface area is 136 Å². The average molecular weight is 314 g/mol. The maximum Gasteiger partial charge on any atom is 0.356 e. The molecule has 4 aliphatic rings. The van der Waals surface area contributed by atoms with E-state index in [-0.39, 0.29) is 11.6 Å². The van der Waals surface area contributed by atoms with E-state index in [1.54, 1.807) is 18.2 Å². The SMILES string of the molecule is COC(=O)c1cccc(C(=O)N2CC3CC4CC(C3)CC2C4)n1. The van der Waals surface area contributed by atoms with Gasteiger partial charge in [0.25, 0.3) is 5.91 Å². The summed E-state index contributed by atoms with van der Waals surface area (Å²) < 4.78 is 4.70. The second-order valence-corrected chi connectivity index (χ2v) is 7.29. The molecule has 4 fully saturated rings. The summed E-state index contributed by atoms with van der Waals surface area (Å²) in [5.41, 5.74) is 0.549. The fraction of sp³-hybridized carbons (Fsp3) is 0.611. The van der Waals surface area contributed by atoms with Gasteiger partial charge in [-0.25, -0.2) is 9.78 Å². The van der Waals surface area contributed by atoms with Crippen LogP contribution in [0.15, 0.2) is 18.2 Å². The van der Waals surface area contributed by atoms with E-state index < -0.39 is 5.97 Å². The van der Waals surface area contributed by atoms with Gasteiger partial charge in [0.05, 0.1) is 7.11 Å². The molecule has 2 saturated carbocycles. The zero-order valence-corrected chi connectivity index (χ0v) is 13.4. The van der Waals surface area contributed by atoms with Crippen LogP contribution < -0.4 is 0 Å². The first-order chi connectivity index (χ1) is 11.1. The number of carbonyl (C=O) groups is 2. The highest BCUT2D eigenvalue weighted by molar-refractivity contribution is 5.94. The largest absolute Gasteiger partial charge is 0.464 e. The Kier molecular flexibility index (Phi) is 3.58. The smallest absolute Gasteiger partial charge is 0.356 e. The molecule has 2 unspecified atom stereocenters. The van der Waals surface area contributed by atoms with Crippen LogP contribution in [0, 0.1) is 17.8 Å². The minimum absolute atomic E-state index is 0.0334. The number of carbonyl (C=O) groups excluding carboxylic acids is 2. The predicted molar refractivity (Wildman–Crippen MR) is 84.0 cm³/mol. The number of esters is 1. The summed E-state index contributed by atoms with van der Waals surface area (Å²) in [6.07, 6.45) is 6.16. The number of fused-ring (bicyclic) bond motifs is 1. The number of pyridine rings is 1. The van der Waals surface area contributed by atoms with E-state index in [1.807, 2.05) is 4.90 Å². The lowest BCUT2D eigenvalue weighted by Gasteiger charge is -2.38. The molecule has 1 aromatic rings. The fourth-order valence-electron chi connectivity index (χ4n) is 4.95. The van der Waals surface area contributed by atoms with Gasteiger partial charge >= 0.3 is 5.97 Å². The molecule has 0 aromatic carbocycles. The molecule has 0 spiro atoms. The molecule has 2 saturated heterocycles. The maximum absolute atomic E-state index is 13.0. The minimum Gasteiger partial charge on any atom is -0.464 e. The summed E-state index contributed by atoms with van der Waals surface area (Å²) in [5.74, 6) is 1.69. The Balaban J connectivity index is 1.60. The van der Waals surface area contributed by atoms with Gasteiger partial charge in [-0.15, -0.1) is 0 Å². The molecule has 5 nitrogen and oxygen atoms in total. The topological polar surface area (TPSA) is 59.5 Å². The molecule has 1 amide bonds. The summed E-state index contributed by atoms with van der Waals surface area (Å²) >= 11 is 0. The summed E-state index contributed by atoms with van der Waals surface area (Å²) in [5, 5.41) is 0. The normalized spacial score (nSPS) is 31.8. The number of hydrogen-bond acceptors (Lipinski definition) is 4. The first-order valence-corrected chi connectivity index (χ1v) is 8.50. The first-order valence-electron chi connectivity index (χ1n) is 8.50. The van der Waals surface area contributed by atoms with Gasteiger partial charge < -0.3 is 9.64 Å². The predicted octanol–water partition coefficient (Wildman–Crippen LogP) is 2.52. The van der Waals surface area contributed by atoms with Crippen LogP contribution in [0.3, 0.4) is 0 Å². The summed E-state index contributed by atoms with van der Waals surface area (Å²) in [6, 6.07) is 5.33. The lowest BCUT2D eigenvalue weighted by atomic mass is 9.68. The number of hydrogen-bond donors (Lipinski definition) is 0. The second-order valence-electron chi connectivity index (χ2n) is 7.29. The molecular weight excluding hydrogens is 292 g/mol.